The van der Waals surface area contributed by atoms with Crippen molar-refractivity contribution in [1.82, 2.24) is 4.90 Å². The third kappa shape index (κ3) is 3.08. The second-order valence-corrected chi connectivity index (χ2v) is 2.11. The van der Waals surface area contributed by atoms with Gasteiger partial charge in [0.2, 0.25) is 0 Å². The SMILES string of the molecule is CCN(CCO)C(=O)C(F)(F)F. The number of carbonyl (C=O) groups is 1. The van der Waals surface area contributed by atoms with Crippen molar-refractivity contribution < 1.29 is 23.1 Å². The van der Waals surface area contributed by atoms with Crippen LogP contribution in [0.4, 0.5) is 13.2 Å². The Morgan fingerprint density at radius 3 is 2.25 bits per heavy atom. The van der Waals surface area contributed by atoms with E-state index in [9.17, 15) is 18.0 Å². The number of nitrogens with zero attached hydrogens (tertiary/aromatic N) is 1. The molecule has 0 aromatic rings. The molecule has 0 spiro atoms. The van der Waals surface area contributed by atoms with Crippen LogP contribution in [0.15, 0.2) is 0 Å². The number of hydrogen-bond donors (Lipinski definition) is 1. The minimum atomic E-state index is -4.84. The van der Waals surface area contributed by atoms with E-state index in [1.165, 1.54) is 6.92 Å². The van der Waals surface area contributed by atoms with Gasteiger partial charge < -0.3 is 10.0 Å². The van der Waals surface area contributed by atoms with Gasteiger partial charge in [0.15, 0.2) is 0 Å². The highest BCUT2D eigenvalue weighted by Crippen LogP contribution is 2.17. The molecule has 0 atom stereocenters. The van der Waals surface area contributed by atoms with Crippen LogP contribution in [0, 0.1) is 0 Å². The van der Waals surface area contributed by atoms with Crippen LogP contribution < -0.4 is 0 Å². The van der Waals surface area contributed by atoms with Crippen molar-refractivity contribution in [2.75, 3.05) is 19.7 Å². The lowest BCUT2D eigenvalue weighted by molar-refractivity contribution is -0.185. The number of alkyl halides is 3. The molecule has 3 nitrogen and oxygen atoms in total. The molecule has 0 aromatic heterocycles. The number of hydrogen-bond acceptors (Lipinski definition) is 2. The summed E-state index contributed by atoms with van der Waals surface area (Å²) < 4.78 is 35.2. The van der Waals surface area contributed by atoms with E-state index in [0.717, 1.165) is 0 Å². The Bertz CT molecular complexity index is 157. The third-order valence-corrected chi connectivity index (χ3v) is 1.28. The summed E-state index contributed by atoms with van der Waals surface area (Å²) in [6.45, 7) is 0.614. The van der Waals surface area contributed by atoms with Crippen LogP contribution in [-0.2, 0) is 4.79 Å². The van der Waals surface area contributed by atoms with Crippen LogP contribution in [0.3, 0.4) is 0 Å². The van der Waals surface area contributed by atoms with E-state index in [1.807, 2.05) is 0 Å². The Balaban J connectivity index is 4.22. The predicted molar refractivity (Wildman–Crippen MR) is 35.4 cm³/mol. The minimum Gasteiger partial charge on any atom is -0.395 e. The lowest BCUT2D eigenvalue weighted by atomic mass is 10.4. The highest BCUT2D eigenvalue weighted by molar-refractivity contribution is 5.81. The van der Waals surface area contributed by atoms with Crippen LogP contribution in [0.1, 0.15) is 6.92 Å². The topological polar surface area (TPSA) is 40.5 Å². The zero-order chi connectivity index (χ0) is 9.78. The summed E-state index contributed by atoms with van der Waals surface area (Å²) in [6, 6.07) is 0. The summed E-state index contributed by atoms with van der Waals surface area (Å²) >= 11 is 0. The largest absolute Gasteiger partial charge is 0.471 e. The average Bonchev–Trinajstić information content (AvgIpc) is 1.97. The minimum absolute atomic E-state index is 0.0566. The van der Waals surface area contributed by atoms with Crippen LogP contribution in [0.5, 0.6) is 0 Å². The Labute approximate surface area is 67.8 Å². The first kappa shape index (κ1) is 11.2. The van der Waals surface area contributed by atoms with Gasteiger partial charge in [0, 0.05) is 13.1 Å². The molecular weight excluding hydrogens is 175 g/mol. The normalized spacial score (nSPS) is 11.4. The number of carbonyl (C=O) groups excluding carboxylic acids is 1. The van der Waals surface area contributed by atoms with E-state index in [-0.39, 0.29) is 13.1 Å². The zero-order valence-electron chi connectivity index (χ0n) is 6.56. The van der Waals surface area contributed by atoms with E-state index in [1.54, 1.807) is 0 Å². The van der Waals surface area contributed by atoms with Gasteiger partial charge in [0.1, 0.15) is 0 Å². The van der Waals surface area contributed by atoms with E-state index in [0.29, 0.717) is 4.90 Å². The quantitative estimate of drug-likeness (QED) is 0.690. The molecule has 1 amide bonds. The molecule has 6 heteroatoms. The molecule has 0 radical (unpaired) electrons. The molecule has 0 heterocycles. The lowest BCUT2D eigenvalue weighted by Gasteiger charge is -2.20. The maximum atomic E-state index is 11.7. The highest BCUT2D eigenvalue weighted by atomic mass is 19.4. The molecule has 0 unspecified atom stereocenters. The van der Waals surface area contributed by atoms with Crippen molar-refractivity contribution in [2.24, 2.45) is 0 Å². The summed E-state index contributed by atoms with van der Waals surface area (Å²) in [6.07, 6.45) is -4.84. The number of halogens is 3. The monoisotopic (exact) mass is 185 g/mol. The molecule has 0 saturated carbocycles. The zero-order valence-corrected chi connectivity index (χ0v) is 6.56. The molecule has 0 fully saturated rings. The van der Waals surface area contributed by atoms with E-state index >= 15 is 0 Å². The van der Waals surface area contributed by atoms with E-state index < -0.39 is 18.7 Å². The van der Waals surface area contributed by atoms with Crippen molar-refractivity contribution in [1.29, 1.82) is 0 Å². The van der Waals surface area contributed by atoms with Crippen LogP contribution in [0.25, 0.3) is 0 Å². The molecule has 1 N–H and O–H groups in total. The number of aliphatic hydroxyl groups is 1. The smallest absolute Gasteiger partial charge is 0.395 e. The molecule has 72 valence electrons. The molecule has 0 aliphatic carbocycles. The Kier molecular flexibility index (Phi) is 4.02. The van der Waals surface area contributed by atoms with Gasteiger partial charge in [0.25, 0.3) is 0 Å². The molecular formula is C6H10F3NO2. The van der Waals surface area contributed by atoms with Crippen LogP contribution in [-0.4, -0.2) is 41.8 Å². The standard InChI is InChI=1S/C6H10F3NO2/c1-2-10(3-4-11)5(12)6(7,8)9/h11H,2-4H2,1H3. The molecule has 0 rings (SSSR count). The fourth-order valence-corrected chi connectivity index (χ4v) is 0.703. The van der Waals surface area contributed by atoms with Gasteiger partial charge in [-0.1, -0.05) is 0 Å². The summed E-state index contributed by atoms with van der Waals surface area (Å²) in [7, 11) is 0. The number of rotatable bonds is 3. The number of amides is 1. The Hall–Kier alpha value is -0.780. The second kappa shape index (κ2) is 4.30. The molecule has 0 saturated heterocycles. The first-order valence-corrected chi connectivity index (χ1v) is 3.40. The van der Waals surface area contributed by atoms with Crippen LogP contribution >= 0.6 is 0 Å². The van der Waals surface area contributed by atoms with E-state index in [2.05, 4.69) is 0 Å². The van der Waals surface area contributed by atoms with Gasteiger partial charge in [-0.2, -0.15) is 13.2 Å². The number of aliphatic hydroxyl groups excluding tert-OH is 1. The molecule has 0 aromatic carbocycles. The van der Waals surface area contributed by atoms with E-state index in [4.69, 9.17) is 5.11 Å². The first-order chi connectivity index (χ1) is 5.43. The first-order valence-electron chi connectivity index (χ1n) is 3.40. The second-order valence-electron chi connectivity index (χ2n) is 2.11. The highest BCUT2D eigenvalue weighted by Gasteiger charge is 2.41. The van der Waals surface area contributed by atoms with Gasteiger partial charge in [-0.15, -0.1) is 0 Å². The maximum Gasteiger partial charge on any atom is 0.471 e. The molecule has 0 aliphatic heterocycles. The fourth-order valence-electron chi connectivity index (χ4n) is 0.703. The molecule has 12 heavy (non-hydrogen) atoms. The Morgan fingerprint density at radius 2 is 2.00 bits per heavy atom. The van der Waals surface area contributed by atoms with Gasteiger partial charge in [-0.25, -0.2) is 0 Å². The third-order valence-electron chi connectivity index (χ3n) is 1.28. The average molecular weight is 185 g/mol. The van der Waals surface area contributed by atoms with Crippen molar-refractivity contribution in [2.45, 2.75) is 13.1 Å². The van der Waals surface area contributed by atoms with Crippen molar-refractivity contribution >= 4 is 5.91 Å². The fraction of sp³-hybridized carbons (Fsp3) is 0.833. The Morgan fingerprint density at radius 1 is 1.50 bits per heavy atom. The van der Waals surface area contributed by atoms with Gasteiger partial charge >= 0.3 is 12.1 Å². The van der Waals surface area contributed by atoms with Crippen molar-refractivity contribution in [3.63, 3.8) is 0 Å². The summed E-state index contributed by atoms with van der Waals surface area (Å²) in [4.78, 5) is 11.0. The predicted octanol–water partition coefficient (Wildman–Crippen LogP) is 0.390. The summed E-state index contributed by atoms with van der Waals surface area (Å²) in [5.74, 6) is -1.90. The molecule has 0 bridgehead atoms. The number of likely N-dealkylation sites (N-methyl/N-ethyl adjacent to an activating group) is 1. The summed E-state index contributed by atoms with van der Waals surface area (Å²) in [5, 5.41) is 8.32. The van der Waals surface area contributed by atoms with Gasteiger partial charge in [-0.3, -0.25) is 4.79 Å². The summed E-state index contributed by atoms with van der Waals surface area (Å²) in [5.41, 5.74) is 0. The molecule has 0 aliphatic rings. The maximum absolute atomic E-state index is 11.7. The lowest BCUT2D eigenvalue weighted by Crippen LogP contribution is -2.42. The van der Waals surface area contributed by atoms with Crippen molar-refractivity contribution in [3.05, 3.63) is 0 Å². The van der Waals surface area contributed by atoms with Gasteiger partial charge in [0.05, 0.1) is 6.61 Å². The van der Waals surface area contributed by atoms with Gasteiger partial charge in [-0.05, 0) is 6.92 Å². The van der Waals surface area contributed by atoms with Crippen LogP contribution in [0.2, 0.25) is 0 Å². The van der Waals surface area contributed by atoms with Crippen molar-refractivity contribution in [3.8, 4) is 0 Å².